The molecule has 0 aromatic heterocycles. The number of phenols is 1. The third-order valence-corrected chi connectivity index (χ3v) is 5.82. The molecule has 2 aromatic rings. The highest BCUT2D eigenvalue weighted by atomic mass is 16.5. The molecule has 0 bridgehead atoms. The number of Topliss-reactive ketones (excluding diaryl/α,β-unsaturated/α-hetero) is 1. The Labute approximate surface area is 181 Å². The number of benzene rings is 2. The molecule has 31 heavy (non-hydrogen) atoms. The number of carbonyl (C=O) groups is 1. The molecule has 2 aliphatic heterocycles. The molecule has 2 aliphatic rings. The summed E-state index contributed by atoms with van der Waals surface area (Å²) in [6.45, 7) is 4.30. The van der Waals surface area contributed by atoms with Crippen molar-refractivity contribution in [1.82, 2.24) is 4.90 Å². The zero-order valence-corrected chi connectivity index (χ0v) is 18.3. The first kappa shape index (κ1) is 21.1. The summed E-state index contributed by atoms with van der Waals surface area (Å²) >= 11 is 0. The molecule has 0 aliphatic carbocycles. The molecule has 2 aromatic carbocycles. The van der Waals surface area contributed by atoms with Crippen LogP contribution in [-0.2, 0) is 6.54 Å². The van der Waals surface area contributed by atoms with E-state index in [1.807, 2.05) is 0 Å². The fourth-order valence-electron chi connectivity index (χ4n) is 4.20. The molecule has 7 heteroatoms. The van der Waals surface area contributed by atoms with Crippen molar-refractivity contribution < 1.29 is 28.8 Å². The normalized spacial score (nSPS) is 17.0. The van der Waals surface area contributed by atoms with Crippen LogP contribution in [0.4, 0.5) is 0 Å². The van der Waals surface area contributed by atoms with E-state index in [1.165, 1.54) is 0 Å². The van der Waals surface area contributed by atoms with Gasteiger partial charge >= 0.3 is 0 Å². The maximum atomic E-state index is 13.2. The zero-order valence-electron chi connectivity index (χ0n) is 18.3. The summed E-state index contributed by atoms with van der Waals surface area (Å²) in [6, 6.07) is 5.08. The molecule has 0 unspecified atom stereocenters. The number of allylic oxidation sites excluding steroid dienone is 1. The summed E-state index contributed by atoms with van der Waals surface area (Å²) < 4.78 is 22.2. The highest BCUT2D eigenvalue weighted by Crippen LogP contribution is 2.43. The van der Waals surface area contributed by atoms with Crippen molar-refractivity contribution in [3.63, 3.8) is 0 Å². The van der Waals surface area contributed by atoms with Crippen LogP contribution in [-0.4, -0.2) is 50.2 Å². The molecular weight excluding hydrogens is 398 g/mol. The van der Waals surface area contributed by atoms with Gasteiger partial charge < -0.3 is 24.1 Å². The Kier molecular flexibility index (Phi) is 5.78. The SMILES string of the molecule is COc1cc(OC)c(OC)cc1/C=C1\Oc2c(CN3CCCC3)c(O)cc(C)c2C1=O. The van der Waals surface area contributed by atoms with Gasteiger partial charge in [-0.3, -0.25) is 9.69 Å². The van der Waals surface area contributed by atoms with Gasteiger partial charge in [0.25, 0.3) is 0 Å². The molecule has 2 heterocycles. The van der Waals surface area contributed by atoms with E-state index in [-0.39, 0.29) is 17.3 Å². The number of fused-ring (bicyclic) bond motifs is 1. The number of aryl methyl sites for hydroxylation is 1. The van der Waals surface area contributed by atoms with E-state index in [0.717, 1.165) is 25.9 Å². The number of hydrogen-bond donors (Lipinski definition) is 1. The largest absolute Gasteiger partial charge is 0.507 e. The number of phenolic OH excluding ortho intramolecular Hbond substituents is 1. The smallest absolute Gasteiger partial charge is 0.232 e. The van der Waals surface area contributed by atoms with Crippen molar-refractivity contribution in [2.75, 3.05) is 34.4 Å². The van der Waals surface area contributed by atoms with Gasteiger partial charge in [-0.2, -0.15) is 0 Å². The average Bonchev–Trinajstić information content (AvgIpc) is 3.39. The van der Waals surface area contributed by atoms with Gasteiger partial charge in [-0.15, -0.1) is 0 Å². The lowest BCUT2D eigenvalue weighted by molar-refractivity contribution is 0.101. The minimum absolute atomic E-state index is 0.154. The maximum Gasteiger partial charge on any atom is 0.232 e. The first-order chi connectivity index (χ1) is 15.0. The average molecular weight is 425 g/mol. The standard InChI is InChI=1S/C24H27NO6/c1-14-9-17(26)16(13-25-7-5-6-8-25)24-22(14)23(27)21(31-24)11-15-10-19(29-3)20(30-4)12-18(15)28-2/h9-12,26H,5-8,13H2,1-4H3/b21-11-. The van der Waals surface area contributed by atoms with Crippen molar-refractivity contribution >= 4 is 11.9 Å². The monoisotopic (exact) mass is 425 g/mol. The van der Waals surface area contributed by atoms with E-state index < -0.39 is 0 Å². The molecule has 0 amide bonds. The van der Waals surface area contributed by atoms with Gasteiger partial charge in [0.05, 0.1) is 32.5 Å². The third kappa shape index (κ3) is 3.81. The fraction of sp³-hybridized carbons (Fsp3) is 0.375. The number of aromatic hydroxyl groups is 1. The molecule has 0 spiro atoms. The number of hydrogen-bond acceptors (Lipinski definition) is 7. The summed E-state index contributed by atoms with van der Waals surface area (Å²) in [5.74, 6) is 2.12. The van der Waals surface area contributed by atoms with Gasteiger partial charge in [0.2, 0.25) is 5.78 Å². The Balaban J connectivity index is 1.75. The minimum atomic E-state index is -0.216. The summed E-state index contributed by atoms with van der Waals surface area (Å²) in [4.78, 5) is 15.5. The van der Waals surface area contributed by atoms with Crippen LogP contribution >= 0.6 is 0 Å². The van der Waals surface area contributed by atoms with Crippen LogP contribution in [0.3, 0.4) is 0 Å². The molecule has 4 rings (SSSR count). The van der Waals surface area contributed by atoms with Crippen LogP contribution < -0.4 is 18.9 Å². The Morgan fingerprint density at radius 1 is 1.03 bits per heavy atom. The highest BCUT2D eigenvalue weighted by Gasteiger charge is 2.34. The first-order valence-corrected chi connectivity index (χ1v) is 10.3. The van der Waals surface area contributed by atoms with Crippen LogP contribution in [0.1, 0.15) is 39.9 Å². The van der Waals surface area contributed by atoms with Crippen molar-refractivity contribution in [2.24, 2.45) is 0 Å². The van der Waals surface area contributed by atoms with E-state index >= 15 is 0 Å². The van der Waals surface area contributed by atoms with E-state index in [4.69, 9.17) is 18.9 Å². The van der Waals surface area contributed by atoms with Gasteiger partial charge in [0.1, 0.15) is 17.2 Å². The zero-order chi connectivity index (χ0) is 22.1. The van der Waals surface area contributed by atoms with E-state index in [2.05, 4.69) is 4.90 Å². The molecule has 1 fully saturated rings. The fourth-order valence-corrected chi connectivity index (χ4v) is 4.20. The van der Waals surface area contributed by atoms with Gasteiger partial charge in [0.15, 0.2) is 17.3 Å². The lowest BCUT2D eigenvalue weighted by Gasteiger charge is -2.18. The number of rotatable bonds is 6. The van der Waals surface area contributed by atoms with E-state index in [9.17, 15) is 9.90 Å². The third-order valence-electron chi connectivity index (χ3n) is 5.82. The molecule has 1 N–H and O–H groups in total. The minimum Gasteiger partial charge on any atom is -0.507 e. The molecule has 7 nitrogen and oxygen atoms in total. The number of ether oxygens (including phenoxy) is 4. The number of methoxy groups -OCH3 is 3. The number of carbonyl (C=O) groups excluding carboxylic acids is 1. The van der Waals surface area contributed by atoms with Crippen LogP contribution in [0.25, 0.3) is 6.08 Å². The summed E-state index contributed by atoms with van der Waals surface area (Å²) in [5, 5.41) is 10.6. The van der Waals surface area contributed by atoms with Crippen molar-refractivity contribution in [3.05, 3.63) is 46.2 Å². The Morgan fingerprint density at radius 2 is 1.68 bits per heavy atom. The summed E-state index contributed by atoms with van der Waals surface area (Å²) in [6.07, 6.45) is 3.91. The topological polar surface area (TPSA) is 77.5 Å². The predicted molar refractivity (Wildman–Crippen MR) is 116 cm³/mol. The second-order valence-corrected chi connectivity index (χ2v) is 7.77. The van der Waals surface area contributed by atoms with Gasteiger partial charge in [-0.05, 0) is 56.6 Å². The van der Waals surface area contributed by atoms with E-state index in [0.29, 0.717) is 51.8 Å². The van der Waals surface area contributed by atoms with Gasteiger partial charge in [-0.1, -0.05) is 0 Å². The lowest BCUT2D eigenvalue weighted by Crippen LogP contribution is -2.19. The van der Waals surface area contributed by atoms with Gasteiger partial charge in [0, 0.05) is 18.2 Å². The Morgan fingerprint density at radius 3 is 2.32 bits per heavy atom. The van der Waals surface area contributed by atoms with E-state index in [1.54, 1.807) is 52.5 Å². The number of ketones is 1. The highest BCUT2D eigenvalue weighted by molar-refractivity contribution is 6.16. The van der Waals surface area contributed by atoms with Crippen molar-refractivity contribution in [2.45, 2.75) is 26.3 Å². The Hall–Kier alpha value is -3.19. The van der Waals surface area contributed by atoms with Crippen molar-refractivity contribution in [3.8, 4) is 28.7 Å². The second kappa shape index (κ2) is 8.51. The predicted octanol–water partition coefficient (Wildman–Crippen LogP) is 3.94. The van der Waals surface area contributed by atoms with Crippen LogP contribution in [0, 0.1) is 6.92 Å². The lowest BCUT2D eigenvalue weighted by atomic mass is 9.99. The number of likely N-dealkylation sites (tertiary alicyclic amines) is 1. The first-order valence-electron chi connectivity index (χ1n) is 10.3. The number of nitrogens with zero attached hydrogens (tertiary/aromatic N) is 1. The maximum absolute atomic E-state index is 13.2. The van der Waals surface area contributed by atoms with Crippen LogP contribution in [0.2, 0.25) is 0 Å². The molecule has 0 atom stereocenters. The van der Waals surface area contributed by atoms with Crippen molar-refractivity contribution in [1.29, 1.82) is 0 Å². The summed E-state index contributed by atoms with van der Waals surface area (Å²) in [5.41, 5.74) is 2.46. The summed E-state index contributed by atoms with van der Waals surface area (Å²) in [7, 11) is 4.64. The quantitative estimate of drug-likeness (QED) is 0.703. The van der Waals surface area contributed by atoms with Crippen LogP contribution in [0.15, 0.2) is 24.0 Å². The molecule has 0 saturated carbocycles. The second-order valence-electron chi connectivity index (χ2n) is 7.77. The van der Waals surface area contributed by atoms with Crippen LogP contribution in [0.5, 0.6) is 28.7 Å². The Bertz CT molecular complexity index is 1050. The molecule has 0 radical (unpaired) electrons. The van der Waals surface area contributed by atoms with Gasteiger partial charge in [-0.25, -0.2) is 0 Å². The molecule has 1 saturated heterocycles. The molecule has 164 valence electrons. The molecular formula is C24H27NO6.